The minimum absolute atomic E-state index is 0.0833. The molecule has 2 aromatic rings. The molecule has 7 heteroatoms. The van der Waals surface area contributed by atoms with Crippen molar-refractivity contribution >= 4 is 17.5 Å². The molecule has 1 amide bonds. The average molecular weight is 334 g/mol. The van der Waals surface area contributed by atoms with Gasteiger partial charge in [0.2, 0.25) is 5.91 Å². The van der Waals surface area contributed by atoms with Gasteiger partial charge in [0.25, 0.3) is 0 Å². The van der Waals surface area contributed by atoms with Gasteiger partial charge < -0.3 is 10.2 Å². The van der Waals surface area contributed by atoms with Crippen molar-refractivity contribution in [2.24, 2.45) is 13.0 Å². The van der Waals surface area contributed by atoms with E-state index in [-0.39, 0.29) is 17.9 Å². The number of aromatic nitrogens is 3. The van der Waals surface area contributed by atoms with E-state index in [1.54, 1.807) is 23.3 Å². The fourth-order valence-corrected chi connectivity index (χ4v) is 3.44. The summed E-state index contributed by atoms with van der Waals surface area (Å²) in [5.74, 6) is 0.402. The number of nitrogens with zero attached hydrogens (tertiary/aromatic N) is 4. The van der Waals surface area contributed by atoms with Gasteiger partial charge in [0.05, 0.1) is 23.0 Å². The van der Waals surface area contributed by atoms with Crippen LogP contribution in [0.25, 0.3) is 0 Å². The zero-order valence-electron chi connectivity index (χ0n) is 13.2. The number of hydrogen-bond acceptors (Lipinski definition) is 4. The lowest BCUT2D eigenvalue weighted by Gasteiger charge is -2.25. The van der Waals surface area contributed by atoms with Crippen molar-refractivity contribution in [2.75, 3.05) is 13.6 Å². The molecule has 0 saturated carbocycles. The third-order valence-corrected chi connectivity index (χ3v) is 4.77. The summed E-state index contributed by atoms with van der Waals surface area (Å²) in [6.07, 6.45) is 5.73. The first-order valence-electron chi connectivity index (χ1n) is 7.60. The monoisotopic (exact) mass is 333 g/mol. The Hall–Kier alpha value is -1.92. The zero-order valence-corrected chi connectivity index (χ0v) is 14.0. The van der Waals surface area contributed by atoms with E-state index in [0.717, 1.165) is 17.8 Å². The van der Waals surface area contributed by atoms with E-state index in [0.29, 0.717) is 18.0 Å². The van der Waals surface area contributed by atoms with Crippen LogP contribution in [0, 0.1) is 5.92 Å². The maximum absolute atomic E-state index is 12.1. The molecule has 2 aromatic heterocycles. The highest BCUT2D eigenvalue weighted by Crippen LogP contribution is 2.36. The van der Waals surface area contributed by atoms with Crippen LogP contribution in [0.4, 0.5) is 0 Å². The number of hydrogen-bond donors (Lipinski definition) is 1. The fraction of sp³-hybridized carbons (Fsp3) is 0.438. The van der Waals surface area contributed by atoms with Gasteiger partial charge in [-0.3, -0.25) is 14.5 Å². The minimum Gasteiger partial charge on any atom is -0.338 e. The Balaban J connectivity index is 1.67. The number of nitrogens with one attached hydrogen (secondary N) is 1. The lowest BCUT2D eigenvalue weighted by molar-refractivity contribution is -0.127. The van der Waals surface area contributed by atoms with Crippen molar-refractivity contribution in [1.82, 2.24) is 25.0 Å². The standard InChI is InChI=1S/C16H20ClN5O/c1-21-15(23)7-12(16(21)11-3-5-18-6-4-11)8-19-10-14-13(17)9-20-22(14)2/h3-6,9,12,16,19H,7-8,10H2,1-2H3/t12-,16-/m0/s1. The number of pyridine rings is 1. The molecule has 1 N–H and O–H groups in total. The average Bonchev–Trinajstić information content (AvgIpc) is 3.01. The van der Waals surface area contributed by atoms with Gasteiger partial charge in [-0.05, 0) is 17.7 Å². The predicted octanol–water partition coefficient (Wildman–Crippen LogP) is 1.78. The van der Waals surface area contributed by atoms with Gasteiger partial charge in [-0.15, -0.1) is 0 Å². The van der Waals surface area contributed by atoms with Crippen LogP contribution in [0.2, 0.25) is 5.02 Å². The van der Waals surface area contributed by atoms with Crippen molar-refractivity contribution in [2.45, 2.75) is 19.0 Å². The Labute approximate surface area is 140 Å². The van der Waals surface area contributed by atoms with Crippen LogP contribution in [-0.2, 0) is 18.4 Å². The second kappa shape index (κ2) is 6.68. The number of aryl methyl sites for hydroxylation is 1. The van der Waals surface area contributed by atoms with Crippen LogP contribution in [-0.4, -0.2) is 39.2 Å². The third kappa shape index (κ3) is 3.23. The highest BCUT2D eigenvalue weighted by Gasteiger charge is 2.38. The fourth-order valence-electron chi connectivity index (χ4n) is 3.20. The van der Waals surface area contributed by atoms with Crippen LogP contribution < -0.4 is 5.32 Å². The van der Waals surface area contributed by atoms with Gasteiger partial charge in [-0.1, -0.05) is 11.6 Å². The molecule has 0 aromatic carbocycles. The molecule has 0 unspecified atom stereocenters. The molecule has 122 valence electrons. The van der Waals surface area contributed by atoms with Crippen LogP contribution in [0.5, 0.6) is 0 Å². The van der Waals surface area contributed by atoms with Crippen molar-refractivity contribution in [3.8, 4) is 0 Å². The highest BCUT2D eigenvalue weighted by atomic mass is 35.5. The Kier molecular flexibility index (Phi) is 4.63. The summed E-state index contributed by atoms with van der Waals surface area (Å²) < 4.78 is 1.77. The van der Waals surface area contributed by atoms with E-state index in [1.165, 1.54) is 0 Å². The van der Waals surface area contributed by atoms with Crippen molar-refractivity contribution in [3.05, 3.63) is 47.0 Å². The van der Waals surface area contributed by atoms with E-state index in [2.05, 4.69) is 15.4 Å². The summed E-state index contributed by atoms with van der Waals surface area (Å²) in [5.41, 5.74) is 2.07. The van der Waals surface area contributed by atoms with Gasteiger partial charge in [0.1, 0.15) is 0 Å². The van der Waals surface area contributed by atoms with Gasteiger partial charge in [-0.2, -0.15) is 5.10 Å². The molecule has 6 nitrogen and oxygen atoms in total. The normalized spacial score (nSPS) is 21.2. The summed E-state index contributed by atoms with van der Waals surface area (Å²) >= 11 is 6.12. The lowest BCUT2D eigenvalue weighted by Crippen LogP contribution is -2.29. The molecule has 3 rings (SSSR count). The second-order valence-electron chi connectivity index (χ2n) is 5.89. The topological polar surface area (TPSA) is 63.1 Å². The van der Waals surface area contributed by atoms with Crippen LogP contribution in [0.1, 0.15) is 23.7 Å². The van der Waals surface area contributed by atoms with Crippen molar-refractivity contribution in [1.29, 1.82) is 0 Å². The Morgan fingerprint density at radius 3 is 2.74 bits per heavy atom. The third-order valence-electron chi connectivity index (χ3n) is 4.45. The largest absolute Gasteiger partial charge is 0.338 e. The summed E-state index contributed by atoms with van der Waals surface area (Å²) in [4.78, 5) is 18.0. The molecule has 0 bridgehead atoms. The number of carbonyl (C=O) groups excluding carboxylic acids is 1. The maximum Gasteiger partial charge on any atom is 0.223 e. The van der Waals surface area contributed by atoms with Gasteiger partial charge >= 0.3 is 0 Å². The highest BCUT2D eigenvalue weighted by molar-refractivity contribution is 6.31. The van der Waals surface area contributed by atoms with Crippen molar-refractivity contribution in [3.63, 3.8) is 0 Å². The molecule has 1 aliphatic heterocycles. The molecule has 2 atom stereocenters. The minimum atomic E-state index is 0.0833. The molecule has 1 saturated heterocycles. The van der Waals surface area contributed by atoms with Gasteiger partial charge in [0, 0.05) is 51.9 Å². The second-order valence-corrected chi connectivity index (χ2v) is 6.30. The van der Waals surface area contributed by atoms with Gasteiger partial charge in [-0.25, -0.2) is 0 Å². The number of carbonyl (C=O) groups is 1. The summed E-state index contributed by atoms with van der Waals surface area (Å²) in [7, 11) is 3.74. The first-order valence-corrected chi connectivity index (χ1v) is 7.98. The Bertz CT molecular complexity index is 668. The molecule has 1 aliphatic rings. The molecule has 3 heterocycles. The SMILES string of the molecule is CN1C(=O)C[C@@H](CNCc2c(Cl)cnn2C)[C@@H]1c1ccncc1. The molecule has 23 heavy (non-hydrogen) atoms. The van der Waals surface area contributed by atoms with E-state index < -0.39 is 0 Å². The molecule has 0 spiro atoms. The molecule has 0 radical (unpaired) electrons. The van der Waals surface area contributed by atoms with Crippen LogP contribution >= 0.6 is 11.6 Å². The maximum atomic E-state index is 12.1. The van der Waals surface area contributed by atoms with E-state index in [4.69, 9.17) is 11.6 Å². The molecule has 0 aliphatic carbocycles. The smallest absolute Gasteiger partial charge is 0.223 e. The quantitative estimate of drug-likeness (QED) is 0.906. The molecule has 1 fully saturated rings. The first kappa shape index (κ1) is 16.0. The van der Waals surface area contributed by atoms with Crippen LogP contribution in [0.15, 0.2) is 30.7 Å². The first-order chi connectivity index (χ1) is 11.1. The number of rotatable bonds is 5. The predicted molar refractivity (Wildman–Crippen MR) is 87.8 cm³/mol. The van der Waals surface area contributed by atoms with Gasteiger partial charge in [0.15, 0.2) is 0 Å². The molecular formula is C16H20ClN5O. The van der Waals surface area contributed by atoms with E-state index >= 15 is 0 Å². The summed E-state index contributed by atoms with van der Waals surface area (Å²) in [5, 5.41) is 8.20. The number of amides is 1. The molecular weight excluding hydrogens is 314 g/mol. The van der Waals surface area contributed by atoms with Crippen LogP contribution in [0.3, 0.4) is 0 Å². The number of likely N-dealkylation sites (tertiary alicyclic amines) is 1. The Morgan fingerprint density at radius 1 is 1.35 bits per heavy atom. The lowest BCUT2D eigenvalue weighted by atomic mass is 9.94. The number of halogens is 1. The zero-order chi connectivity index (χ0) is 16.4. The van der Waals surface area contributed by atoms with Crippen molar-refractivity contribution < 1.29 is 4.79 Å². The summed E-state index contributed by atoms with van der Waals surface area (Å²) in [6, 6.07) is 4.04. The van der Waals surface area contributed by atoms with E-state index in [9.17, 15) is 4.79 Å². The summed E-state index contributed by atoms with van der Waals surface area (Å²) in [6.45, 7) is 1.37. The Morgan fingerprint density at radius 2 is 2.09 bits per heavy atom. The van der Waals surface area contributed by atoms with E-state index in [1.807, 2.05) is 31.1 Å².